The first-order valence-corrected chi connectivity index (χ1v) is 8.67. The van der Waals surface area contributed by atoms with E-state index in [1.54, 1.807) is 18.2 Å². The summed E-state index contributed by atoms with van der Waals surface area (Å²) in [5, 5.41) is 2.59. The van der Waals surface area contributed by atoms with Crippen molar-refractivity contribution in [3.8, 4) is 5.75 Å². The number of ether oxygens (including phenoxy) is 2. The van der Waals surface area contributed by atoms with Crippen molar-refractivity contribution in [3.63, 3.8) is 0 Å². The normalized spacial score (nSPS) is 11.3. The molecule has 7 heteroatoms. The van der Waals surface area contributed by atoms with Crippen LogP contribution in [0.25, 0.3) is 0 Å². The first-order valence-electron chi connectivity index (χ1n) is 8.67. The summed E-state index contributed by atoms with van der Waals surface area (Å²) in [4.78, 5) is 12.4. The van der Waals surface area contributed by atoms with Gasteiger partial charge in [0, 0.05) is 23.4 Å². The second-order valence-electron chi connectivity index (χ2n) is 5.84. The zero-order chi connectivity index (χ0) is 19.9. The van der Waals surface area contributed by atoms with E-state index in [0.717, 1.165) is 24.1 Å². The molecule has 0 aliphatic carbocycles. The molecule has 0 radical (unpaired) electrons. The van der Waals surface area contributed by atoms with Gasteiger partial charge >= 0.3 is 6.18 Å². The van der Waals surface area contributed by atoms with Gasteiger partial charge in [-0.15, -0.1) is 0 Å². The quantitative estimate of drug-likeness (QED) is 0.633. The summed E-state index contributed by atoms with van der Waals surface area (Å²) >= 11 is 0. The highest BCUT2D eigenvalue weighted by atomic mass is 19.4. The average Bonchev–Trinajstić information content (AvgIpc) is 2.63. The van der Waals surface area contributed by atoms with Crippen molar-refractivity contribution < 1.29 is 27.4 Å². The van der Waals surface area contributed by atoms with E-state index >= 15 is 0 Å². The number of benzene rings is 2. The Morgan fingerprint density at radius 2 is 1.78 bits per heavy atom. The van der Waals surface area contributed by atoms with Crippen LogP contribution in [0.4, 0.5) is 18.9 Å². The standard InChI is InChI=1S/C20H22F3NO3/c1-3-11-26-13-15-12-14(5-10-18(15)27-4-2)19(25)24-17-8-6-16(7-9-17)20(21,22)23/h5-10,12H,3-4,11,13H2,1-2H3,(H,24,25). The van der Waals surface area contributed by atoms with E-state index in [2.05, 4.69) is 5.32 Å². The molecule has 4 nitrogen and oxygen atoms in total. The smallest absolute Gasteiger partial charge is 0.416 e. The molecule has 0 aliphatic heterocycles. The summed E-state index contributed by atoms with van der Waals surface area (Å²) in [6.07, 6.45) is -3.54. The summed E-state index contributed by atoms with van der Waals surface area (Å²) in [6.45, 7) is 5.25. The zero-order valence-corrected chi connectivity index (χ0v) is 15.2. The van der Waals surface area contributed by atoms with Gasteiger partial charge in [-0.25, -0.2) is 0 Å². The highest BCUT2D eigenvalue weighted by Gasteiger charge is 2.30. The van der Waals surface area contributed by atoms with Gasteiger partial charge < -0.3 is 14.8 Å². The number of carbonyl (C=O) groups excluding carboxylic acids is 1. The van der Waals surface area contributed by atoms with E-state index in [1.165, 1.54) is 12.1 Å². The molecule has 27 heavy (non-hydrogen) atoms. The zero-order valence-electron chi connectivity index (χ0n) is 15.2. The number of carbonyl (C=O) groups is 1. The van der Waals surface area contributed by atoms with Gasteiger partial charge in [-0.3, -0.25) is 4.79 Å². The molecule has 0 fully saturated rings. The van der Waals surface area contributed by atoms with Crippen molar-refractivity contribution in [3.05, 3.63) is 59.2 Å². The molecule has 1 N–H and O–H groups in total. The van der Waals surface area contributed by atoms with Crippen molar-refractivity contribution in [2.75, 3.05) is 18.5 Å². The van der Waals surface area contributed by atoms with Gasteiger partial charge in [-0.1, -0.05) is 6.92 Å². The third-order valence-corrected chi connectivity index (χ3v) is 3.70. The molecule has 0 bridgehead atoms. The van der Waals surface area contributed by atoms with E-state index in [9.17, 15) is 18.0 Å². The number of rotatable bonds is 8. The fourth-order valence-electron chi connectivity index (χ4n) is 2.40. The predicted octanol–water partition coefficient (Wildman–Crippen LogP) is 5.28. The lowest BCUT2D eigenvalue weighted by atomic mass is 10.1. The molecule has 146 valence electrons. The van der Waals surface area contributed by atoms with Crippen molar-refractivity contribution >= 4 is 11.6 Å². The summed E-state index contributed by atoms with van der Waals surface area (Å²) in [6, 6.07) is 9.26. The first kappa shape index (κ1) is 20.8. The molecule has 0 unspecified atom stereocenters. The van der Waals surface area contributed by atoms with E-state index in [0.29, 0.717) is 31.1 Å². The molecule has 1 amide bonds. The fraction of sp³-hybridized carbons (Fsp3) is 0.350. The SMILES string of the molecule is CCCOCc1cc(C(=O)Nc2ccc(C(F)(F)F)cc2)ccc1OCC. The van der Waals surface area contributed by atoms with Crippen LogP contribution in [0, 0.1) is 0 Å². The number of hydrogen-bond acceptors (Lipinski definition) is 3. The minimum Gasteiger partial charge on any atom is -0.494 e. The number of amides is 1. The Morgan fingerprint density at radius 1 is 1.07 bits per heavy atom. The Hall–Kier alpha value is -2.54. The molecule has 2 aromatic rings. The van der Waals surface area contributed by atoms with Gasteiger partial charge in [0.1, 0.15) is 5.75 Å². The monoisotopic (exact) mass is 381 g/mol. The number of nitrogens with one attached hydrogen (secondary N) is 1. The Bertz CT molecular complexity index is 758. The molecule has 0 aromatic heterocycles. The molecular weight excluding hydrogens is 359 g/mol. The molecule has 0 aliphatic rings. The minimum absolute atomic E-state index is 0.283. The van der Waals surface area contributed by atoms with Gasteiger partial charge in [0.05, 0.1) is 18.8 Å². The predicted molar refractivity (Wildman–Crippen MR) is 97.0 cm³/mol. The molecule has 0 atom stereocenters. The Labute approximate surface area is 156 Å². The van der Waals surface area contributed by atoms with Crippen molar-refractivity contribution in [2.24, 2.45) is 0 Å². The highest BCUT2D eigenvalue weighted by Crippen LogP contribution is 2.30. The Morgan fingerprint density at radius 3 is 2.37 bits per heavy atom. The van der Waals surface area contributed by atoms with Crippen LogP contribution in [0.5, 0.6) is 5.75 Å². The van der Waals surface area contributed by atoms with Crippen molar-refractivity contribution in [1.82, 2.24) is 0 Å². The summed E-state index contributed by atoms with van der Waals surface area (Å²) in [5.41, 5.74) is 0.626. The molecule has 0 heterocycles. The average molecular weight is 381 g/mol. The van der Waals surface area contributed by atoms with Crippen LogP contribution in [0.15, 0.2) is 42.5 Å². The topological polar surface area (TPSA) is 47.6 Å². The summed E-state index contributed by atoms with van der Waals surface area (Å²) in [7, 11) is 0. The number of anilines is 1. The fourth-order valence-corrected chi connectivity index (χ4v) is 2.40. The van der Waals surface area contributed by atoms with Crippen molar-refractivity contribution in [2.45, 2.75) is 33.1 Å². The van der Waals surface area contributed by atoms with E-state index in [4.69, 9.17) is 9.47 Å². The third kappa shape index (κ3) is 5.99. The number of alkyl halides is 3. The summed E-state index contributed by atoms with van der Waals surface area (Å²) < 4.78 is 48.9. The lowest BCUT2D eigenvalue weighted by molar-refractivity contribution is -0.137. The second kappa shape index (κ2) is 9.41. The first-order chi connectivity index (χ1) is 12.8. The van der Waals surface area contributed by atoms with Crippen LogP contribution < -0.4 is 10.1 Å². The molecular formula is C20H22F3NO3. The molecule has 0 saturated heterocycles. The lowest BCUT2D eigenvalue weighted by Crippen LogP contribution is -2.13. The van der Waals surface area contributed by atoms with Crippen LogP contribution in [-0.2, 0) is 17.5 Å². The van der Waals surface area contributed by atoms with Crippen LogP contribution in [0.1, 0.15) is 41.8 Å². The lowest BCUT2D eigenvalue weighted by Gasteiger charge is -2.13. The van der Waals surface area contributed by atoms with E-state index < -0.39 is 17.6 Å². The maximum Gasteiger partial charge on any atom is 0.416 e. The van der Waals surface area contributed by atoms with Gasteiger partial charge in [0.25, 0.3) is 5.91 Å². The van der Waals surface area contributed by atoms with Gasteiger partial charge in [0.15, 0.2) is 0 Å². The van der Waals surface area contributed by atoms with Gasteiger partial charge in [0.2, 0.25) is 0 Å². The number of halogens is 3. The largest absolute Gasteiger partial charge is 0.494 e. The Balaban J connectivity index is 2.13. The summed E-state index contributed by atoms with van der Waals surface area (Å²) in [5.74, 6) is 0.217. The maximum absolute atomic E-state index is 12.6. The van der Waals surface area contributed by atoms with Gasteiger partial charge in [-0.05, 0) is 55.8 Å². The number of hydrogen-bond donors (Lipinski definition) is 1. The van der Waals surface area contributed by atoms with Crippen LogP contribution >= 0.6 is 0 Å². The van der Waals surface area contributed by atoms with Crippen LogP contribution in [-0.4, -0.2) is 19.1 Å². The van der Waals surface area contributed by atoms with Gasteiger partial charge in [-0.2, -0.15) is 13.2 Å². The van der Waals surface area contributed by atoms with Crippen LogP contribution in [0.2, 0.25) is 0 Å². The molecule has 2 rings (SSSR count). The van der Waals surface area contributed by atoms with Crippen molar-refractivity contribution in [1.29, 1.82) is 0 Å². The molecule has 0 saturated carbocycles. The van der Waals surface area contributed by atoms with E-state index in [-0.39, 0.29) is 5.69 Å². The third-order valence-electron chi connectivity index (χ3n) is 3.70. The second-order valence-corrected chi connectivity index (χ2v) is 5.84. The maximum atomic E-state index is 12.6. The molecule has 0 spiro atoms. The van der Waals surface area contributed by atoms with E-state index in [1.807, 2.05) is 13.8 Å². The minimum atomic E-state index is -4.41. The highest BCUT2D eigenvalue weighted by molar-refractivity contribution is 6.04. The van der Waals surface area contributed by atoms with Crippen LogP contribution in [0.3, 0.4) is 0 Å². The Kier molecular flexibility index (Phi) is 7.24. The molecule has 2 aromatic carbocycles.